The quantitative estimate of drug-likeness (QED) is 0.608. The summed E-state index contributed by atoms with van der Waals surface area (Å²) in [6.45, 7) is 0.710. The molecule has 0 aromatic heterocycles. The van der Waals surface area contributed by atoms with Crippen molar-refractivity contribution in [3.8, 4) is 11.5 Å². The van der Waals surface area contributed by atoms with Gasteiger partial charge in [0.05, 0.1) is 18.3 Å². The van der Waals surface area contributed by atoms with Crippen LogP contribution in [0.15, 0.2) is 53.7 Å². The zero-order valence-corrected chi connectivity index (χ0v) is 11.7. The van der Waals surface area contributed by atoms with E-state index in [9.17, 15) is 10.2 Å². The second-order valence-corrected chi connectivity index (χ2v) is 5.35. The minimum absolute atomic E-state index is 0.144. The number of fused-ring (bicyclic) bond motifs is 2. The molecule has 0 radical (unpaired) electrons. The predicted molar refractivity (Wildman–Crippen MR) is 78.8 cm³/mol. The number of dihydropyridines is 1. The molecule has 0 bridgehead atoms. The third-order valence-corrected chi connectivity index (χ3v) is 3.90. The predicted octanol–water partition coefficient (Wildman–Crippen LogP) is 0.495. The van der Waals surface area contributed by atoms with Crippen LogP contribution in [0.25, 0.3) is 0 Å². The summed E-state index contributed by atoms with van der Waals surface area (Å²) >= 11 is 0. The third kappa shape index (κ3) is 2.22. The van der Waals surface area contributed by atoms with Crippen molar-refractivity contribution in [1.29, 1.82) is 0 Å². The molecule has 114 valence electrons. The topological polar surface area (TPSA) is 83.0 Å². The van der Waals surface area contributed by atoms with E-state index in [0.717, 1.165) is 23.5 Å². The molecule has 0 saturated carbocycles. The maximum absolute atomic E-state index is 9.41. The molecule has 4 rings (SSSR count). The molecular weight excluding hydrogens is 284 g/mol. The molecule has 0 saturated heterocycles. The molecule has 1 unspecified atom stereocenters. The number of benzene rings is 1. The van der Waals surface area contributed by atoms with Crippen molar-refractivity contribution >= 4 is 0 Å². The van der Waals surface area contributed by atoms with Gasteiger partial charge in [-0.25, -0.2) is 0 Å². The van der Waals surface area contributed by atoms with E-state index in [1.165, 1.54) is 0 Å². The van der Waals surface area contributed by atoms with Crippen molar-refractivity contribution in [2.24, 2.45) is 0 Å². The molecule has 22 heavy (non-hydrogen) atoms. The highest BCUT2D eigenvalue weighted by Gasteiger charge is 2.28. The first kappa shape index (κ1) is 13.2. The maximum atomic E-state index is 9.41. The van der Waals surface area contributed by atoms with E-state index in [1.807, 2.05) is 24.3 Å². The number of aliphatic hydroxyl groups is 2. The van der Waals surface area contributed by atoms with Crippen LogP contribution in [0.3, 0.4) is 0 Å². The van der Waals surface area contributed by atoms with Gasteiger partial charge < -0.3 is 30.3 Å². The third-order valence-electron chi connectivity index (χ3n) is 3.90. The number of hydrogen-bond acceptors (Lipinski definition) is 6. The molecule has 1 atom stereocenters. The average molecular weight is 300 g/mol. The highest BCUT2D eigenvalue weighted by molar-refractivity contribution is 5.45. The van der Waals surface area contributed by atoms with Crippen LogP contribution in [0.1, 0.15) is 5.56 Å². The molecular formula is C16H16N2O4. The Morgan fingerprint density at radius 3 is 3.09 bits per heavy atom. The van der Waals surface area contributed by atoms with Crippen molar-refractivity contribution in [1.82, 2.24) is 10.6 Å². The van der Waals surface area contributed by atoms with Crippen LogP contribution in [0.2, 0.25) is 0 Å². The van der Waals surface area contributed by atoms with Crippen molar-refractivity contribution in [2.45, 2.75) is 18.8 Å². The Morgan fingerprint density at radius 1 is 1.32 bits per heavy atom. The fraction of sp³-hybridized carbons (Fsp3) is 0.250. The Morgan fingerprint density at radius 2 is 2.23 bits per heavy atom. The van der Waals surface area contributed by atoms with Gasteiger partial charge in [-0.3, -0.25) is 0 Å². The number of hydrogen-bond donors (Lipinski definition) is 4. The van der Waals surface area contributed by atoms with E-state index in [0.29, 0.717) is 23.8 Å². The van der Waals surface area contributed by atoms with Gasteiger partial charge in [-0.05, 0) is 30.5 Å². The van der Waals surface area contributed by atoms with E-state index in [-0.39, 0.29) is 6.04 Å². The van der Waals surface area contributed by atoms with Gasteiger partial charge in [0.1, 0.15) is 11.5 Å². The number of ether oxygens (including phenoxy) is 2. The first-order valence-electron chi connectivity index (χ1n) is 7.16. The Balaban J connectivity index is 1.55. The lowest BCUT2D eigenvalue weighted by atomic mass is 10.1. The Labute approximate surface area is 127 Å². The molecule has 3 aliphatic rings. The summed E-state index contributed by atoms with van der Waals surface area (Å²) in [5.74, 6) is 2.20. The smallest absolute Gasteiger partial charge is 0.196 e. The van der Waals surface area contributed by atoms with Crippen LogP contribution in [-0.2, 0) is 6.42 Å². The van der Waals surface area contributed by atoms with Crippen LogP contribution >= 0.6 is 0 Å². The van der Waals surface area contributed by atoms with Crippen molar-refractivity contribution in [3.63, 3.8) is 0 Å². The molecule has 3 heterocycles. The van der Waals surface area contributed by atoms with E-state index >= 15 is 0 Å². The summed E-state index contributed by atoms with van der Waals surface area (Å²) in [5, 5.41) is 25.0. The summed E-state index contributed by atoms with van der Waals surface area (Å²) in [7, 11) is 0. The lowest BCUT2D eigenvalue weighted by molar-refractivity contribution is -0.00633. The van der Waals surface area contributed by atoms with Crippen molar-refractivity contribution in [2.75, 3.05) is 6.61 Å². The van der Waals surface area contributed by atoms with Gasteiger partial charge >= 0.3 is 0 Å². The highest BCUT2D eigenvalue weighted by atomic mass is 16.5. The van der Waals surface area contributed by atoms with E-state index in [2.05, 4.69) is 10.6 Å². The molecule has 0 spiro atoms. The lowest BCUT2D eigenvalue weighted by Crippen LogP contribution is -2.32. The molecule has 0 amide bonds. The van der Waals surface area contributed by atoms with Gasteiger partial charge in [-0.1, -0.05) is 0 Å². The van der Waals surface area contributed by atoms with Crippen molar-refractivity contribution in [3.05, 3.63) is 59.3 Å². The first-order valence-corrected chi connectivity index (χ1v) is 7.16. The van der Waals surface area contributed by atoms with Gasteiger partial charge in [0.15, 0.2) is 12.2 Å². The zero-order valence-electron chi connectivity index (χ0n) is 11.7. The summed E-state index contributed by atoms with van der Waals surface area (Å²) < 4.78 is 11.3. The fourth-order valence-electron chi connectivity index (χ4n) is 2.84. The number of rotatable bonds is 3. The van der Waals surface area contributed by atoms with E-state index in [4.69, 9.17) is 9.47 Å². The SMILES string of the molecule is OC(O)C1=C2NC(Oc3ccc4c(c3)CCO4)=CC2NC=C1. The standard InChI is InChI=1S/C16H16N2O4/c19-16(20)11-3-5-17-12-8-14(18-15(11)12)22-10-1-2-13-9(7-10)4-6-21-13/h1-3,5,7-8,12,16-20H,4,6H2. The molecule has 1 aromatic rings. The van der Waals surface area contributed by atoms with Gasteiger partial charge in [-0.15, -0.1) is 0 Å². The Hall–Kier alpha value is -2.44. The van der Waals surface area contributed by atoms with Gasteiger partial charge in [0, 0.05) is 23.6 Å². The summed E-state index contributed by atoms with van der Waals surface area (Å²) in [5.41, 5.74) is 2.26. The monoisotopic (exact) mass is 300 g/mol. The van der Waals surface area contributed by atoms with Crippen LogP contribution in [0, 0.1) is 0 Å². The Bertz CT molecular complexity index is 706. The number of aliphatic hydroxyl groups excluding tert-OH is 1. The first-order chi connectivity index (χ1) is 10.7. The van der Waals surface area contributed by atoms with Crippen molar-refractivity contribution < 1.29 is 19.7 Å². The average Bonchev–Trinajstić information content (AvgIpc) is 3.11. The summed E-state index contributed by atoms with van der Waals surface area (Å²) in [4.78, 5) is 0. The summed E-state index contributed by atoms with van der Waals surface area (Å²) in [6.07, 6.45) is 4.56. The number of nitrogens with one attached hydrogen (secondary N) is 2. The maximum Gasteiger partial charge on any atom is 0.196 e. The second kappa shape index (κ2) is 5.08. The molecule has 0 fully saturated rings. The highest BCUT2D eigenvalue weighted by Crippen LogP contribution is 2.31. The molecule has 3 aliphatic heterocycles. The van der Waals surface area contributed by atoms with Gasteiger partial charge in [0.2, 0.25) is 0 Å². The normalized spacial score (nSPS) is 21.8. The largest absolute Gasteiger partial charge is 0.493 e. The van der Waals surface area contributed by atoms with Crippen LogP contribution in [-0.4, -0.2) is 29.2 Å². The Kier molecular flexibility index (Phi) is 3.06. The van der Waals surface area contributed by atoms with Crippen LogP contribution in [0.5, 0.6) is 11.5 Å². The van der Waals surface area contributed by atoms with Gasteiger partial charge in [-0.2, -0.15) is 0 Å². The molecule has 0 aliphatic carbocycles. The van der Waals surface area contributed by atoms with Gasteiger partial charge in [0.25, 0.3) is 0 Å². The lowest BCUT2D eigenvalue weighted by Gasteiger charge is -2.20. The second-order valence-electron chi connectivity index (χ2n) is 5.35. The van der Waals surface area contributed by atoms with Crippen LogP contribution < -0.4 is 20.1 Å². The molecule has 6 nitrogen and oxygen atoms in total. The zero-order chi connectivity index (χ0) is 15.1. The molecule has 1 aromatic carbocycles. The van der Waals surface area contributed by atoms with E-state index in [1.54, 1.807) is 12.3 Å². The minimum Gasteiger partial charge on any atom is -0.493 e. The van der Waals surface area contributed by atoms with E-state index < -0.39 is 6.29 Å². The fourth-order valence-corrected chi connectivity index (χ4v) is 2.84. The summed E-state index contributed by atoms with van der Waals surface area (Å²) in [6, 6.07) is 5.59. The minimum atomic E-state index is -1.52. The molecule has 4 N–H and O–H groups in total. The van der Waals surface area contributed by atoms with Crippen LogP contribution in [0.4, 0.5) is 0 Å². The molecule has 6 heteroatoms.